The highest BCUT2D eigenvalue weighted by Gasteiger charge is 2.25. The molecule has 1 N–H and O–H groups in total. The molecule has 0 saturated carbocycles. The van der Waals surface area contributed by atoms with E-state index in [2.05, 4.69) is 40.1 Å². The maximum absolute atomic E-state index is 5.43. The molecule has 0 bridgehead atoms. The molecule has 1 atom stereocenters. The van der Waals surface area contributed by atoms with Gasteiger partial charge in [0.25, 0.3) is 0 Å². The minimum Gasteiger partial charge on any atom is -0.497 e. The fourth-order valence-corrected chi connectivity index (χ4v) is 3.79. The number of likely N-dealkylation sites (tertiary alicyclic amines) is 1. The molecule has 1 aromatic heterocycles. The lowest BCUT2D eigenvalue weighted by atomic mass is 9.99. The molecular formula is C19H23N3O. The monoisotopic (exact) mass is 309 g/mol. The molecule has 0 spiro atoms. The molecule has 120 valence electrons. The Hall–Kier alpha value is -2.07. The molecular weight excluding hydrogens is 286 g/mol. The standard InChI is InChI=1S/C19H23N3O/c1-22-10-4-5-13(22)11-16-15-12-14(23-2)7-8-17(15)21-19(16)18-6-3-9-20-18/h6-9,12-13,21H,3-5,10-11H2,1-2H3/t13-/m1/s1. The molecule has 0 amide bonds. The average molecular weight is 309 g/mol. The third-order valence-electron chi connectivity index (χ3n) is 5.13. The number of hydrogen-bond donors (Lipinski definition) is 1. The summed E-state index contributed by atoms with van der Waals surface area (Å²) in [6.45, 7) is 1.20. The lowest BCUT2D eigenvalue weighted by molar-refractivity contribution is 0.309. The number of nitrogens with one attached hydrogen (secondary N) is 1. The number of H-pyrrole nitrogens is 1. The first kappa shape index (κ1) is 14.5. The normalized spacial score (nSPS) is 21.3. The third kappa shape index (κ3) is 2.57. The van der Waals surface area contributed by atoms with E-state index in [1.54, 1.807) is 7.11 Å². The van der Waals surface area contributed by atoms with E-state index in [0.29, 0.717) is 6.04 Å². The topological polar surface area (TPSA) is 40.6 Å². The quantitative estimate of drug-likeness (QED) is 0.937. The van der Waals surface area contributed by atoms with E-state index in [1.165, 1.54) is 41.5 Å². The van der Waals surface area contributed by atoms with Crippen molar-refractivity contribution in [3.63, 3.8) is 0 Å². The lowest BCUT2D eigenvalue weighted by Crippen LogP contribution is -2.27. The van der Waals surface area contributed by atoms with Gasteiger partial charge in [0.15, 0.2) is 0 Å². The summed E-state index contributed by atoms with van der Waals surface area (Å²) in [7, 11) is 3.96. The summed E-state index contributed by atoms with van der Waals surface area (Å²) in [5.41, 5.74) is 4.81. The molecule has 1 aromatic carbocycles. The van der Waals surface area contributed by atoms with Gasteiger partial charge in [-0.3, -0.25) is 4.99 Å². The largest absolute Gasteiger partial charge is 0.497 e. The van der Waals surface area contributed by atoms with Crippen LogP contribution in [0.3, 0.4) is 0 Å². The molecule has 23 heavy (non-hydrogen) atoms. The molecule has 4 nitrogen and oxygen atoms in total. The third-order valence-corrected chi connectivity index (χ3v) is 5.13. The summed E-state index contributed by atoms with van der Waals surface area (Å²) in [4.78, 5) is 10.6. The number of ether oxygens (including phenoxy) is 1. The molecule has 2 aliphatic rings. The second kappa shape index (κ2) is 5.85. The Balaban J connectivity index is 1.82. The van der Waals surface area contributed by atoms with Crippen molar-refractivity contribution in [3.8, 4) is 5.75 Å². The molecule has 2 aromatic rings. The molecule has 1 fully saturated rings. The minimum atomic E-state index is 0.616. The van der Waals surface area contributed by atoms with Crippen molar-refractivity contribution < 1.29 is 4.74 Å². The van der Waals surface area contributed by atoms with Crippen LogP contribution in [0.5, 0.6) is 5.75 Å². The molecule has 0 radical (unpaired) electrons. The van der Waals surface area contributed by atoms with Gasteiger partial charge in [-0.05, 0) is 56.6 Å². The number of rotatable bonds is 4. The first-order valence-electron chi connectivity index (χ1n) is 8.38. The predicted molar refractivity (Wildman–Crippen MR) is 95.3 cm³/mol. The van der Waals surface area contributed by atoms with Gasteiger partial charge in [-0.2, -0.15) is 0 Å². The van der Waals surface area contributed by atoms with Gasteiger partial charge in [-0.15, -0.1) is 0 Å². The van der Waals surface area contributed by atoms with Crippen LogP contribution in [0, 0.1) is 0 Å². The Labute approximate surface area is 136 Å². The van der Waals surface area contributed by atoms with Gasteiger partial charge < -0.3 is 14.6 Å². The highest BCUT2D eigenvalue weighted by atomic mass is 16.5. The molecule has 2 aliphatic heterocycles. The van der Waals surface area contributed by atoms with E-state index in [0.717, 1.165) is 24.3 Å². The summed E-state index contributed by atoms with van der Waals surface area (Å²) < 4.78 is 5.43. The number of benzene rings is 1. The number of nitrogens with zero attached hydrogens (tertiary/aromatic N) is 2. The Bertz CT molecular complexity index is 787. The Morgan fingerprint density at radius 2 is 2.30 bits per heavy atom. The molecule has 3 heterocycles. The second-order valence-electron chi connectivity index (χ2n) is 6.51. The van der Waals surface area contributed by atoms with Gasteiger partial charge in [0.2, 0.25) is 0 Å². The summed E-state index contributed by atoms with van der Waals surface area (Å²) in [5.74, 6) is 0.910. The van der Waals surface area contributed by atoms with Gasteiger partial charge in [0, 0.05) is 29.6 Å². The van der Waals surface area contributed by atoms with E-state index < -0.39 is 0 Å². The van der Waals surface area contributed by atoms with Crippen molar-refractivity contribution in [2.75, 3.05) is 20.7 Å². The molecule has 0 unspecified atom stereocenters. The maximum Gasteiger partial charge on any atom is 0.119 e. The van der Waals surface area contributed by atoms with E-state index in [4.69, 9.17) is 4.74 Å². The van der Waals surface area contributed by atoms with Crippen LogP contribution in [0.1, 0.15) is 30.5 Å². The van der Waals surface area contributed by atoms with Crippen molar-refractivity contribution in [1.29, 1.82) is 0 Å². The van der Waals surface area contributed by atoms with Crippen LogP contribution in [0.4, 0.5) is 0 Å². The fraction of sp³-hybridized carbons (Fsp3) is 0.421. The summed E-state index contributed by atoms with van der Waals surface area (Å²) in [6.07, 6.45) is 8.73. The van der Waals surface area contributed by atoms with Crippen molar-refractivity contribution in [2.45, 2.75) is 31.7 Å². The number of aromatic nitrogens is 1. The van der Waals surface area contributed by atoms with Crippen LogP contribution >= 0.6 is 0 Å². The molecule has 4 rings (SSSR count). The lowest BCUT2D eigenvalue weighted by Gasteiger charge is -2.19. The number of aliphatic imine (C=N–C) groups is 1. The maximum atomic E-state index is 5.43. The summed E-state index contributed by atoms with van der Waals surface area (Å²) in [6, 6.07) is 6.89. The zero-order valence-corrected chi connectivity index (χ0v) is 13.8. The van der Waals surface area contributed by atoms with Crippen LogP contribution < -0.4 is 4.74 Å². The number of likely N-dealkylation sites (N-methyl/N-ethyl adjacent to an activating group) is 1. The molecule has 0 aliphatic carbocycles. The Morgan fingerprint density at radius 3 is 3.00 bits per heavy atom. The van der Waals surface area contributed by atoms with Crippen LogP contribution in [0.2, 0.25) is 0 Å². The highest BCUT2D eigenvalue weighted by molar-refractivity contribution is 5.92. The van der Waals surface area contributed by atoms with Crippen molar-refractivity contribution in [3.05, 3.63) is 35.5 Å². The fourth-order valence-electron chi connectivity index (χ4n) is 3.79. The first-order valence-corrected chi connectivity index (χ1v) is 8.38. The van der Waals surface area contributed by atoms with E-state index in [9.17, 15) is 0 Å². The summed E-state index contributed by atoms with van der Waals surface area (Å²) in [5, 5.41) is 1.27. The second-order valence-corrected chi connectivity index (χ2v) is 6.51. The van der Waals surface area contributed by atoms with Crippen LogP contribution in [-0.4, -0.2) is 42.8 Å². The van der Waals surface area contributed by atoms with E-state index in [1.807, 2.05) is 12.3 Å². The van der Waals surface area contributed by atoms with Gasteiger partial charge in [-0.1, -0.05) is 6.08 Å². The van der Waals surface area contributed by atoms with Gasteiger partial charge in [-0.25, -0.2) is 0 Å². The smallest absolute Gasteiger partial charge is 0.119 e. The van der Waals surface area contributed by atoms with Gasteiger partial charge in [0.05, 0.1) is 18.5 Å². The number of allylic oxidation sites excluding steroid dienone is 1. The van der Waals surface area contributed by atoms with Crippen molar-refractivity contribution in [1.82, 2.24) is 9.88 Å². The number of aromatic amines is 1. The van der Waals surface area contributed by atoms with Crippen LogP contribution in [0.15, 0.2) is 29.3 Å². The zero-order chi connectivity index (χ0) is 15.8. The predicted octanol–water partition coefficient (Wildman–Crippen LogP) is 3.63. The van der Waals surface area contributed by atoms with E-state index >= 15 is 0 Å². The SMILES string of the molecule is COc1ccc2[nH]c(C3=CCC=N3)c(C[C@H]3CCCN3C)c2c1. The summed E-state index contributed by atoms with van der Waals surface area (Å²) >= 11 is 0. The number of methoxy groups -OCH3 is 1. The first-order chi connectivity index (χ1) is 11.3. The Morgan fingerprint density at radius 1 is 1.39 bits per heavy atom. The highest BCUT2D eigenvalue weighted by Crippen LogP contribution is 2.34. The van der Waals surface area contributed by atoms with Crippen LogP contribution in [-0.2, 0) is 6.42 Å². The van der Waals surface area contributed by atoms with Gasteiger partial charge >= 0.3 is 0 Å². The van der Waals surface area contributed by atoms with Gasteiger partial charge in [0.1, 0.15) is 5.75 Å². The Kier molecular flexibility index (Phi) is 3.69. The average Bonchev–Trinajstić information content (AvgIpc) is 3.29. The molecule has 4 heteroatoms. The van der Waals surface area contributed by atoms with E-state index in [-0.39, 0.29) is 0 Å². The van der Waals surface area contributed by atoms with Crippen molar-refractivity contribution >= 4 is 22.8 Å². The number of hydrogen-bond acceptors (Lipinski definition) is 3. The van der Waals surface area contributed by atoms with Crippen LogP contribution in [0.25, 0.3) is 16.6 Å². The minimum absolute atomic E-state index is 0.616. The molecule has 1 saturated heterocycles. The van der Waals surface area contributed by atoms with Crippen molar-refractivity contribution in [2.24, 2.45) is 4.99 Å². The zero-order valence-electron chi connectivity index (χ0n) is 13.8. The number of fused-ring (bicyclic) bond motifs is 1.